The third-order valence-corrected chi connectivity index (χ3v) is 6.84. The number of nitrogens with one attached hydrogen (secondary N) is 1. The van der Waals surface area contributed by atoms with Gasteiger partial charge in [0, 0.05) is 35.1 Å². The molecule has 0 aromatic heterocycles. The summed E-state index contributed by atoms with van der Waals surface area (Å²) < 4.78 is 0. The molecule has 0 radical (unpaired) electrons. The molecule has 1 atom stereocenters. The molecule has 0 heterocycles. The smallest absolute Gasteiger partial charge is 0.243 e. The SMILES string of the molecule is CCCCNC(=O)[C@H](Cc1ccccc1)N(Cc1c(Cl)cccc1Cl)C(=O)Cc1cc(C)cc(C)c1. The minimum atomic E-state index is -0.713. The van der Waals surface area contributed by atoms with Gasteiger partial charge in [-0.15, -0.1) is 0 Å². The molecule has 3 rings (SSSR count). The van der Waals surface area contributed by atoms with Gasteiger partial charge in [-0.3, -0.25) is 9.59 Å². The summed E-state index contributed by atoms with van der Waals surface area (Å²) in [7, 11) is 0. The molecule has 36 heavy (non-hydrogen) atoms. The van der Waals surface area contributed by atoms with Crippen LogP contribution < -0.4 is 5.32 Å². The van der Waals surface area contributed by atoms with Gasteiger partial charge in [-0.05, 0) is 43.5 Å². The topological polar surface area (TPSA) is 49.4 Å². The van der Waals surface area contributed by atoms with E-state index in [1.165, 1.54) is 0 Å². The summed E-state index contributed by atoms with van der Waals surface area (Å²) in [6.07, 6.45) is 2.41. The van der Waals surface area contributed by atoms with E-state index in [4.69, 9.17) is 23.2 Å². The van der Waals surface area contributed by atoms with Gasteiger partial charge in [0.05, 0.1) is 6.42 Å². The van der Waals surface area contributed by atoms with Crippen molar-refractivity contribution in [1.29, 1.82) is 0 Å². The van der Waals surface area contributed by atoms with Crippen LogP contribution >= 0.6 is 23.2 Å². The van der Waals surface area contributed by atoms with Gasteiger partial charge in [0.15, 0.2) is 0 Å². The molecule has 6 heteroatoms. The van der Waals surface area contributed by atoms with Gasteiger partial charge in [0.1, 0.15) is 6.04 Å². The van der Waals surface area contributed by atoms with Crippen molar-refractivity contribution in [1.82, 2.24) is 10.2 Å². The Kier molecular flexibility index (Phi) is 10.4. The van der Waals surface area contributed by atoms with E-state index >= 15 is 0 Å². The van der Waals surface area contributed by atoms with Crippen LogP contribution in [0.4, 0.5) is 0 Å². The summed E-state index contributed by atoms with van der Waals surface area (Å²) in [5, 5.41) is 3.98. The molecule has 3 aromatic carbocycles. The van der Waals surface area contributed by atoms with Crippen LogP contribution in [-0.2, 0) is 29.0 Å². The molecule has 0 aliphatic heterocycles. The van der Waals surface area contributed by atoms with Crippen LogP contribution in [-0.4, -0.2) is 29.3 Å². The molecule has 1 N–H and O–H groups in total. The fraction of sp³-hybridized carbons (Fsp3) is 0.333. The van der Waals surface area contributed by atoms with E-state index in [9.17, 15) is 9.59 Å². The molecule has 2 amide bonds. The highest BCUT2D eigenvalue weighted by atomic mass is 35.5. The fourth-order valence-corrected chi connectivity index (χ4v) is 4.88. The van der Waals surface area contributed by atoms with Crippen molar-refractivity contribution in [2.45, 2.75) is 59.0 Å². The summed E-state index contributed by atoms with van der Waals surface area (Å²) in [6, 6.07) is 20.4. The summed E-state index contributed by atoms with van der Waals surface area (Å²) in [5.74, 6) is -0.327. The first-order valence-corrected chi connectivity index (χ1v) is 13.1. The predicted molar refractivity (Wildman–Crippen MR) is 148 cm³/mol. The highest BCUT2D eigenvalue weighted by Crippen LogP contribution is 2.27. The van der Waals surface area contributed by atoms with Crippen LogP contribution in [0, 0.1) is 13.8 Å². The van der Waals surface area contributed by atoms with Crippen LogP contribution in [0.2, 0.25) is 10.0 Å². The summed E-state index contributed by atoms with van der Waals surface area (Å²) >= 11 is 13.0. The van der Waals surface area contributed by atoms with Crippen LogP contribution in [0.5, 0.6) is 0 Å². The van der Waals surface area contributed by atoms with Gasteiger partial charge in [0.2, 0.25) is 11.8 Å². The van der Waals surface area contributed by atoms with Crippen LogP contribution in [0.25, 0.3) is 0 Å². The zero-order chi connectivity index (χ0) is 26.1. The largest absolute Gasteiger partial charge is 0.354 e. The molecule has 190 valence electrons. The Morgan fingerprint density at radius 2 is 1.53 bits per heavy atom. The Hall–Kier alpha value is -2.82. The standard InChI is InChI=1S/C30H34Cl2N2O2/c1-4-5-14-33-30(36)28(18-23-10-7-6-8-11-23)34(20-25-26(31)12-9-13-27(25)32)29(35)19-24-16-21(2)15-22(3)17-24/h6-13,15-17,28H,4-5,14,18-20H2,1-3H3,(H,33,36)/t28-/m0/s1. The lowest BCUT2D eigenvalue weighted by molar-refractivity contribution is -0.140. The van der Waals surface area contributed by atoms with Crippen LogP contribution in [0.15, 0.2) is 66.7 Å². The van der Waals surface area contributed by atoms with Crippen molar-refractivity contribution in [3.63, 3.8) is 0 Å². The Labute approximate surface area is 224 Å². The lowest BCUT2D eigenvalue weighted by Gasteiger charge is -2.32. The van der Waals surface area contributed by atoms with Crippen molar-refractivity contribution >= 4 is 35.0 Å². The predicted octanol–water partition coefficient (Wildman–Crippen LogP) is 6.71. The number of unbranched alkanes of at least 4 members (excludes halogenated alkanes) is 1. The highest BCUT2D eigenvalue weighted by molar-refractivity contribution is 6.36. The molecule has 0 unspecified atom stereocenters. The normalized spacial score (nSPS) is 11.7. The molecule has 0 spiro atoms. The van der Waals surface area contributed by atoms with Gasteiger partial charge < -0.3 is 10.2 Å². The second-order valence-electron chi connectivity index (χ2n) is 9.24. The molecule has 0 saturated carbocycles. The Bertz CT molecular complexity index is 1140. The molecule has 3 aromatic rings. The maximum absolute atomic E-state index is 13.9. The number of aryl methyl sites for hydroxylation is 2. The summed E-state index contributed by atoms with van der Waals surface area (Å²) in [5.41, 5.74) is 4.71. The zero-order valence-electron chi connectivity index (χ0n) is 21.2. The van der Waals surface area contributed by atoms with Gasteiger partial charge in [-0.25, -0.2) is 0 Å². The number of amides is 2. The first kappa shape index (κ1) is 27.8. The van der Waals surface area contributed by atoms with Crippen molar-refractivity contribution in [2.24, 2.45) is 0 Å². The van der Waals surface area contributed by atoms with Crippen LogP contribution in [0.1, 0.15) is 47.6 Å². The first-order valence-electron chi connectivity index (χ1n) is 12.4. The third kappa shape index (κ3) is 7.84. The number of carbonyl (C=O) groups is 2. The molecule has 0 saturated heterocycles. The number of nitrogens with zero attached hydrogens (tertiary/aromatic N) is 1. The Morgan fingerprint density at radius 1 is 0.889 bits per heavy atom. The molecular formula is C30H34Cl2N2O2. The van der Waals surface area contributed by atoms with E-state index in [0.717, 1.165) is 35.1 Å². The van der Waals surface area contributed by atoms with E-state index in [-0.39, 0.29) is 24.8 Å². The number of benzene rings is 3. The first-order chi connectivity index (χ1) is 17.3. The van der Waals surface area contributed by atoms with Gasteiger partial charge >= 0.3 is 0 Å². The zero-order valence-corrected chi connectivity index (χ0v) is 22.7. The lowest BCUT2D eigenvalue weighted by Crippen LogP contribution is -2.51. The van der Waals surface area contributed by atoms with Crippen molar-refractivity contribution in [2.75, 3.05) is 6.54 Å². The number of hydrogen-bond donors (Lipinski definition) is 1. The Balaban J connectivity index is 2.01. The number of rotatable bonds is 11. The van der Waals surface area contributed by atoms with E-state index in [2.05, 4.69) is 18.3 Å². The summed E-state index contributed by atoms with van der Waals surface area (Å²) in [4.78, 5) is 29.0. The number of hydrogen-bond acceptors (Lipinski definition) is 2. The Morgan fingerprint density at radius 3 is 2.14 bits per heavy atom. The van der Waals surface area contributed by atoms with Gasteiger partial charge in [-0.1, -0.05) is 102 Å². The maximum Gasteiger partial charge on any atom is 0.243 e. The van der Waals surface area contributed by atoms with Crippen molar-refractivity contribution in [3.8, 4) is 0 Å². The lowest BCUT2D eigenvalue weighted by atomic mass is 10.00. The van der Waals surface area contributed by atoms with E-state index in [0.29, 0.717) is 28.6 Å². The van der Waals surface area contributed by atoms with Crippen LogP contribution in [0.3, 0.4) is 0 Å². The molecule has 0 fully saturated rings. The van der Waals surface area contributed by atoms with E-state index < -0.39 is 6.04 Å². The highest BCUT2D eigenvalue weighted by Gasteiger charge is 2.31. The minimum absolute atomic E-state index is 0.140. The summed E-state index contributed by atoms with van der Waals surface area (Å²) in [6.45, 7) is 6.81. The third-order valence-electron chi connectivity index (χ3n) is 6.13. The average Bonchev–Trinajstić information content (AvgIpc) is 2.83. The molecule has 0 bridgehead atoms. The number of carbonyl (C=O) groups excluding carboxylic acids is 2. The molecule has 4 nitrogen and oxygen atoms in total. The van der Waals surface area contributed by atoms with Crippen molar-refractivity contribution in [3.05, 3.63) is 105 Å². The van der Waals surface area contributed by atoms with E-state index in [1.807, 2.05) is 56.3 Å². The van der Waals surface area contributed by atoms with Gasteiger partial charge in [-0.2, -0.15) is 0 Å². The average molecular weight is 526 g/mol. The molecule has 0 aliphatic rings. The fourth-order valence-electron chi connectivity index (χ4n) is 4.36. The molecule has 0 aliphatic carbocycles. The maximum atomic E-state index is 13.9. The minimum Gasteiger partial charge on any atom is -0.354 e. The van der Waals surface area contributed by atoms with Gasteiger partial charge in [0.25, 0.3) is 0 Å². The quantitative estimate of drug-likeness (QED) is 0.283. The van der Waals surface area contributed by atoms with Crippen molar-refractivity contribution < 1.29 is 9.59 Å². The second kappa shape index (κ2) is 13.5. The van der Waals surface area contributed by atoms with E-state index in [1.54, 1.807) is 23.1 Å². The monoisotopic (exact) mass is 524 g/mol. The molecular weight excluding hydrogens is 491 g/mol. The number of halogens is 2. The second-order valence-corrected chi connectivity index (χ2v) is 10.1.